The van der Waals surface area contributed by atoms with Crippen molar-refractivity contribution < 1.29 is 19.7 Å². The first-order valence-electron chi connectivity index (χ1n) is 9.21. The third-order valence-electron chi connectivity index (χ3n) is 4.94. The Kier molecular flexibility index (Phi) is 9.59. The minimum Gasteiger partial charge on any atom is -0.390 e. The van der Waals surface area contributed by atoms with Crippen LogP contribution in [0.3, 0.4) is 0 Å². The SMILES string of the molecule is CC1O[C@@H](SCCCCCCOC2C/C2=C\N(I)N=N)C(O)C(O)[C@@H]1C. The summed E-state index contributed by atoms with van der Waals surface area (Å²) >= 11 is 3.56. The van der Waals surface area contributed by atoms with Crippen molar-refractivity contribution in [3.8, 4) is 0 Å². The highest BCUT2D eigenvalue weighted by atomic mass is 127. The van der Waals surface area contributed by atoms with E-state index in [0.29, 0.717) is 0 Å². The molecule has 1 saturated heterocycles. The Balaban J connectivity index is 1.46. The van der Waals surface area contributed by atoms with E-state index in [0.717, 1.165) is 44.5 Å². The van der Waals surface area contributed by atoms with Gasteiger partial charge >= 0.3 is 0 Å². The molecule has 0 spiro atoms. The first kappa shape index (κ1) is 22.4. The van der Waals surface area contributed by atoms with Gasteiger partial charge in [-0.05, 0) is 31.1 Å². The molecule has 150 valence electrons. The molecule has 6 atom stereocenters. The van der Waals surface area contributed by atoms with Crippen LogP contribution in [0.15, 0.2) is 17.0 Å². The molecule has 0 aromatic carbocycles. The second-order valence-electron chi connectivity index (χ2n) is 6.99. The number of halogens is 1. The molecule has 9 heteroatoms. The highest BCUT2D eigenvalue weighted by molar-refractivity contribution is 14.1. The lowest BCUT2D eigenvalue weighted by Crippen LogP contribution is -2.51. The van der Waals surface area contributed by atoms with Crippen molar-refractivity contribution in [1.82, 2.24) is 3.22 Å². The Bertz CT molecular complexity index is 485. The highest BCUT2D eigenvalue weighted by Gasteiger charge is 2.40. The third kappa shape index (κ3) is 6.90. The highest BCUT2D eigenvalue weighted by Crippen LogP contribution is 2.34. The number of rotatable bonds is 11. The molecular weight excluding hydrogens is 469 g/mol. The van der Waals surface area contributed by atoms with Crippen LogP contribution in [0.2, 0.25) is 0 Å². The van der Waals surface area contributed by atoms with E-state index >= 15 is 0 Å². The molecule has 2 rings (SSSR count). The van der Waals surface area contributed by atoms with Crippen LogP contribution in [0, 0.1) is 11.4 Å². The summed E-state index contributed by atoms with van der Waals surface area (Å²) in [6.07, 6.45) is 5.82. The topological polar surface area (TPSA) is 98.4 Å². The predicted molar refractivity (Wildman–Crippen MR) is 110 cm³/mol. The Labute approximate surface area is 173 Å². The maximum atomic E-state index is 10.1. The van der Waals surface area contributed by atoms with E-state index in [2.05, 4.69) is 5.22 Å². The van der Waals surface area contributed by atoms with Gasteiger partial charge in [0.2, 0.25) is 0 Å². The maximum Gasteiger partial charge on any atom is 0.132 e. The second kappa shape index (κ2) is 11.2. The number of nitrogens with one attached hydrogen (secondary N) is 1. The summed E-state index contributed by atoms with van der Waals surface area (Å²) in [7, 11) is 0. The van der Waals surface area contributed by atoms with Crippen molar-refractivity contribution >= 4 is 34.6 Å². The minimum atomic E-state index is -0.804. The Hall–Kier alpha value is 0.0600. The Morgan fingerprint density at radius 1 is 1.31 bits per heavy atom. The van der Waals surface area contributed by atoms with Gasteiger partial charge in [-0.1, -0.05) is 25.0 Å². The van der Waals surface area contributed by atoms with Crippen LogP contribution < -0.4 is 0 Å². The monoisotopic (exact) mass is 499 g/mol. The zero-order valence-corrected chi connectivity index (χ0v) is 18.4. The van der Waals surface area contributed by atoms with Crippen LogP contribution in [-0.2, 0) is 9.47 Å². The molecule has 7 nitrogen and oxygen atoms in total. The van der Waals surface area contributed by atoms with E-state index in [1.165, 1.54) is 8.80 Å². The summed E-state index contributed by atoms with van der Waals surface area (Å²) in [6.45, 7) is 4.62. The lowest BCUT2D eigenvalue weighted by Gasteiger charge is -2.40. The van der Waals surface area contributed by atoms with Gasteiger partial charge in [0.25, 0.3) is 0 Å². The number of hydrogen-bond donors (Lipinski definition) is 3. The second-order valence-corrected chi connectivity index (χ2v) is 9.19. The molecule has 1 aliphatic carbocycles. The summed E-state index contributed by atoms with van der Waals surface area (Å²) in [5.41, 5.74) is 7.74. The van der Waals surface area contributed by atoms with Gasteiger partial charge < -0.3 is 19.7 Å². The molecule has 0 amide bonds. The Morgan fingerprint density at radius 3 is 2.77 bits per heavy atom. The van der Waals surface area contributed by atoms with Crippen LogP contribution in [0.4, 0.5) is 0 Å². The molecule has 0 aromatic rings. The van der Waals surface area contributed by atoms with E-state index in [9.17, 15) is 10.2 Å². The largest absolute Gasteiger partial charge is 0.390 e. The number of nitrogens with zero attached hydrogens (tertiary/aromatic N) is 2. The van der Waals surface area contributed by atoms with Gasteiger partial charge in [0.05, 0.1) is 41.2 Å². The van der Waals surface area contributed by atoms with Crippen LogP contribution in [-0.4, -0.2) is 55.6 Å². The van der Waals surface area contributed by atoms with E-state index in [1.807, 2.05) is 42.9 Å². The molecule has 0 bridgehead atoms. The summed E-state index contributed by atoms with van der Waals surface area (Å²) in [5.74, 6) is 0.888. The predicted octanol–water partition coefficient (Wildman–Crippen LogP) is 3.65. The Morgan fingerprint density at radius 2 is 2.04 bits per heavy atom. The molecule has 4 unspecified atom stereocenters. The van der Waals surface area contributed by atoms with E-state index < -0.39 is 12.2 Å². The molecule has 26 heavy (non-hydrogen) atoms. The van der Waals surface area contributed by atoms with Crippen molar-refractivity contribution in [3.05, 3.63) is 11.8 Å². The molecule has 1 heterocycles. The fraction of sp³-hybridized carbons (Fsp3) is 0.882. The summed E-state index contributed by atoms with van der Waals surface area (Å²) in [6, 6.07) is 0. The number of thioether (sulfide) groups is 1. The molecular formula is C17H30IN3O4S. The van der Waals surface area contributed by atoms with Crippen LogP contribution in [0.5, 0.6) is 0 Å². The number of ether oxygens (including phenoxy) is 2. The van der Waals surface area contributed by atoms with Gasteiger partial charge in [0.1, 0.15) is 11.5 Å². The number of hydrogen-bond acceptors (Lipinski definition) is 7. The van der Waals surface area contributed by atoms with Crippen molar-refractivity contribution in [2.75, 3.05) is 12.4 Å². The normalized spacial score (nSPS) is 35.5. The first-order chi connectivity index (χ1) is 12.4. The lowest BCUT2D eigenvalue weighted by molar-refractivity contribution is -0.160. The molecule has 2 fully saturated rings. The number of aliphatic hydroxyl groups excluding tert-OH is 2. The van der Waals surface area contributed by atoms with Crippen LogP contribution in [0.25, 0.3) is 0 Å². The standard InChI is InChI=1S/C17H30IN3O4S/c1-11-12(2)25-17(16(23)15(11)22)26-8-6-4-3-5-7-24-14-9-13(14)10-21(18)20-19/h10-12,14-17,19,22-23H,3-9H2,1-2H3/b13-10+,20-19?/t11-,12?,14?,15?,16?,17+/m1/s1. The van der Waals surface area contributed by atoms with Gasteiger partial charge in [-0.15, -0.1) is 11.8 Å². The van der Waals surface area contributed by atoms with Crippen molar-refractivity contribution in [3.63, 3.8) is 0 Å². The lowest BCUT2D eigenvalue weighted by atomic mass is 9.92. The van der Waals surface area contributed by atoms with E-state index in [1.54, 1.807) is 11.8 Å². The number of aliphatic hydroxyl groups is 2. The van der Waals surface area contributed by atoms with Gasteiger partial charge in [-0.25, -0.2) is 0 Å². The van der Waals surface area contributed by atoms with E-state index in [4.69, 9.17) is 15.0 Å². The molecule has 0 radical (unpaired) electrons. The van der Waals surface area contributed by atoms with Crippen LogP contribution >= 0.6 is 34.6 Å². The molecule has 3 N–H and O–H groups in total. The zero-order chi connectivity index (χ0) is 19.1. The van der Waals surface area contributed by atoms with Gasteiger partial charge in [-0.3, -0.25) is 0 Å². The van der Waals surface area contributed by atoms with Crippen molar-refractivity contribution in [1.29, 1.82) is 5.53 Å². The average Bonchev–Trinajstić information content (AvgIpc) is 3.36. The molecule has 1 saturated carbocycles. The average molecular weight is 499 g/mol. The summed E-state index contributed by atoms with van der Waals surface area (Å²) in [4.78, 5) is 0. The summed E-state index contributed by atoms with van der Waals surface area (Å²) in [5, 5.41) is 23.4. The molecule has 0 aromatic heterocycles. The number of unbranched alkanes of at least 4 members (excludes halogenated alkanes) is 3. The van der Waals surface area contributed by atoms with Gasteiger partial charge in [0.15, 0.2) is 0 Å². The zero-order valence-electron chi connectivity index (χ0n) is 15.4. The van der Waals surface area contributed by atoms with Gasteiger partial charge in [0, 0.05) is 25.1 Å². The van der Waals surface area contributed by atoms with E-state index in [-0.39, 0.29) is 23.6 Å². The first-order valence-corrected chi connectivity index (χ1v) is 11.2. The van der Waals surface area contributed by atoms with Crippen LogP contribution in [0.1, 0.15) is 46.0 Å². The minimum absolute atomic E-state index is 0.0292. The van der Waals surface area contributed by atoms with Gasteiger partial charge in [-0.2, -0.15) is 8.75 Å². The third-order valence-corrected chi connectivity index (χ3v) is 6.68. The molecule has 2 aliphatic rings. The smallest absolute Gasteiger partial charge is 0.132 e. The fourth-order valence-electron chi connectivity index (χ4n) is 2.91. The fourth-order valence-corrected chi connectivity index (χ4v) is 4.48. The molecule has 1 aliphatic heterocycles. The summed E-state index contributed by atoms with van der Waals surface area (Å²) < 4.78 is 13.0. The van der Waals surface area contributed by atoms with Crippen molar-refractivity contribution in [2.45, 2.75) is 75.8 Å². The van der Waals surface area contributed by atoms with Crippen molar-refractivity contribution in [2.24, 2.45) is 11.1 Å². The maximum absolute atomic E-state index is 10.1. The quantitative estimate of drug-likeness (QED) is 0.132.